The van der Waals surface area contributed by atoms with Gasteiger partial charge in [0.2, 0.25) is 0 Å². The molecule has 3 nitrogen and oxygen atoms in total. The minimum absolute atomic E-state index is 0.370. The van der Waals surface area contributed by atoms with Crippen LogP contribution in [0.25, 0.3) is 0 Å². The van der Waals surface area contributed by atoms with Crippen molar-refractivity contribution in [3.8, 4) is 0 Å². The summed E-state index contributed by atoms with van der Waals surface area (Å²) in [6.07, 6.45) is 3.39. The van der Waals surface area contributed by atoms with Gasteiger partial charge in [0.1, 0.15) is 0 Å². The number of aliphatic hydroxyl groups is 1. The molecule has 0 aromatic heterocycles. The molecular formula is C8H14O3. The van der Waals surface area contributed by atoms with Crippen LogP contribution in [0, 0.1) is 5.92 Å². The molecule has 0 radical (unpaired) electrons. The monoisotopic (exact) mass is 158 g/mol. The Bertz CT molecular complexity index is 170. The Labute approximate surface area is 66.4 Å². The number of carboxylic acids is 1. The van der Waals surface area contributed by atoms with Gasteiger partial charge in [-0.1, -0.05) is 19.1 Å². The summed E-state index contributed by atoms with van der Waals surface area (Å²) < 4.78 is 0. The van der Waals surface area contributed by atoms with Gasteiger partial charge in [-0.25, -0.2) is 4.79 Å². The summed E-state index contributed by atoms with van der Waals surface area (Å²) in [5.41, 5.74) is -1.66. The SMILES string of the molecule is C/C=C/[C@@H](C)[C@](C)(O)C(=O)O. The van der Waals surface area contributed by atoms with Gasteiger partial charge >= 0.3 is 5.97 Å². The van der Waals surface area contributed by atoms with Gasteiger partial charge in [-0.3, -0.25) is 0 Å². The molecule has 0 saturated heterocycles. The van der Waals surface area contributed by atoms with Crippen LogP contribution in [0.2, 0.25) is 0 Å². The highest BCUT2D eigenvalue weighted by molar-refractivity contribution is 5.77. The van der Waals surface area contributed by atoms with Crippen molar-refractivity contribution in [2.75, 3.05) is 0 Å². The van der Waals surface area contributed by atoms with Crippen molar-refractivity contribution < 1.29 is 15.0 Å². The van der Waals surface area contributed by atoms with E-state index in [1.54, 1.807) is 26.0 Å². The van der Waals surface area contributed by atoms with Crippen LogP contribution in [0.15, 0.2) is 12.2 Å². The van der Waals surface area contributed by atoms with Gasteiger partial charge < -0.3 is 10.2 Å². The van der Waals surface area contributed by atoms with E-state index in [9.17, 15) is 9.90 Å². The van der Waals surface area contributed by atoms with E-state index in [0.29, 0.717) is 0 Å². The van der Waals surface area contributed by atoms with Gasteiger partial charge in [-0.05, 0) is 13.8 Å². The number of hydrogen-bond donors (Lipinski definition) is 2. The van der Waals surface area contributed by atoms with Crippen molar-refractivity contribution in [2.45, 2.75) is 26.4 Å². The highest BCUT2D eigenvalue weighted by atomic mass is 16.4. The van der Waals surface area contributed by atoms with Crippen LogP contribution in [0.3, 0.4) is 0 Å². The third kappa shape index (κ3) is 2.35. The second-order valence-corrected chi connectivity index (χ2v) is 2.77. The first-order valence-corrected chi connectivity index (χ1v) is 3.51. The van der Waals surface area contributed by atoms with Crippen molar-refractivity contribution in [1.29, 1.82) is 0 Å². The topological polar surface area (TPSA) is 57.5 Å². The Morgan fingerprint density at radius 3 is 2.36 bits per heavy atom. The first-order chi connectivity index (χ1) is 4.92. The molecule has 2 N–H and O–H groups in total. The van der Waals surface area contributed by atoms with E-state index in [1.807, 2.05) is 0 Å². The summed E-state index contributed by atoms with van der Waals surface area (Å²) >= 11 is 0. The van der Waals surface area contributed by atoms with Gasteiger partial charge in [-0.15, -0.1) is 0 Å². The van der Waals surface area contributed by atoms with Crippen molar-refractivity contribution in [1.82, 2.24) is 0 Å². The van der Waals surface area contributed by atoms with Gasteiger partial charge in [0.15, 0.2) is 5.60 Å². The van der Waals surface area contributed by atoms with Gasteiger partial charge in [0, 0.05) is 5.92 Å². The Balaban J connectivity index is 4.41. The molecule has 0 saturated carbocycles. The predicted molar refractivity (Wildman–Crippen MR) is 42.2 cm³/mol. The lowest BCUT2D eigenvalue weighted by Gasteiger charge is -2.22. The first kappa shape index (κ1) is 10.2. The van der Waals surface area contributed by atoms with Crippen LogP contribution in [0.1, 0.15) is 20.8 Å². The van der Waals surface area contributed by atoms with E-state index in [-0.39, 0.29) is 5.92 Å². The average molecular weight is 158 g/mol. The predicted octanol–water partition coefficient (Wildman–Crippen LogP) is 1.03. The number of carboxylic acid groups (broad SMARTS) is 1. The van der Waals surface area contributed by atoms with Crippen molar-refractivity contribution >= 4 is 5.97 Å². The largest absolute Gasteiger partial charge is 0.479 e. The van der Waals surface area contributed by atoms with Gasteiger partial charge in [0.05, 0.1) is 0 Å². The molecule has 0 unspecified atom stereocenters. The molecule has 0 heterocycles. The standard InChI is InChI=1S/C8H14O3/c1-4-5-6(2)8(3,11)7(9)10/h4-6,11H,1-3H3,(H,9,10)/b5-4+/t6-,8+/m1/s1. The van der Waals surface area contributed by atoms with E-state index in [2.05, 4.69) is 0 Å². The van der Waals surface area contributed by atoms with Crippen LogP contribution < -0.4 is 0 Å². The molecule has 11 heavy (non-hydrogen) atoms. The van der Waals surface area contributed by atoms with E-state index in [1.165, 1.54) is 6.92 Å². The Hall–Kier alpha value is -0.830. The van der Waals surface area contributed by atoms with Crippen molar-refractivity contribution in [3.05, 3.63) is 12.2 Å². The molecule has 0 rings (SSSR count). The Morgan fingerprint density at radius 2 is 2.09 bits per heavy atom. The zero-order valence-corrected chi connectivity index (χ0v) is 7.03. The van der Waals surface area contributed by atoms with Crippen LogP contribution in [0.4, 0.5) is 0 Å². The summed E-state index contributed by atoms with van der Waals surface area (Å²) in [5, 5.41) is 17.9. The zero-order chi connectivity index (χ0) is 9.07. The van der Waals surface area contributed by atoms with Crippen LogP contribution in [0.5, 0.6) is 0 Å². The molecule has 0 aromatic rings. The number of hydrogen-bond acceptors (Lipinski definition) is 2. The molecule has 0 bridgehead atoms. The number of rotatable bonds is 3. The highest BCUT2D eigenvalue weighted by Crippen LogP contribution is 2.17. The van der Waals surface area contributed by atoms with Crippen LogP contribution in [-0.4, -0.2) is 21.8 Å². The zero-order valence-electron chi connectivity index (χ0n) is 7.03. The maximum atomic E-state index is 10.5. The highest BCUT2D eigenvalue weighted by Gasteiger charge is 2.34. The summed E-state index contributed by atoms with van der Waals surface area (Å²) in [6, 6.07) is 0. The maximum absolute atomic E-state index is 10.5. The maximum Gasteiger partial charge on any atom is 0.335 e. The molecule has 3 heteroatoms. The van der Waals surface area contributed by atoms with Crippen LogP contribution >= 0.6 is 0 Å². The fraction of sp³-hybridized carbons (Fsp3) is 0.625. The molecule has 0 fully saturated rings. The number of allylic oxidation sites excluding steroid dienone is 1. The smallest absolute Gasteiger partial charge is 0.335 e. The second-order valence-electron chi connectivity index (χ2n) is 2.77. The summed E-state index contributed by atoms with van der Waals surface area (Å²) in [7, 11) is 0. The third-order valence-electron chi connectivity index (χ3n) is 1.80. The van der Waals surface area contributed by atoms with Gasteiger partial charge in [0.25, 0.3) is 0 Å². The Morgan fingerprint density at radius 1 is 1.64 bits per heavy atom. The molecule has 2 atom stereocenters. The lowest BCUT2D eigenvalue weighted by Crippen LogP contribution is -2.40. The molecule has 0 aliphatic rings. The van der Waals surface area contributed by atoms with Crippen molar-refractivity contribution in [2.24, 2.45) is 5.92 Å². The summed E-state index contributed by atoms with van der Waals surface area (Å²) in [5.74, 6) is -1.56. The minimum atomic E-state index is -1.66. The fourth-order valence-electron chi connectivity index (χ4n) is 0.671. The second kappa shape index (κ2) is 3.53. The molecule has 0 aromatic carbocycles. The molecule has 0 aliphatic carbocycles. The molecule has 64 valence electrons. The van der Waals surface area contributed by atoms with E-state index < -0.39 is 11.6 Å². The quantitative estimate of drug-likeness (QED) is 0.603. The average Bonchev–Trinajstić information content (AvgIpc) is 1.88. The minimum Gasteiger partial charge on any atom is -0.479 e. The molecule has 0 aliphatic heterocycles. The molecule has 0 amide bonds. The number of aliphatic carboxylic acids is 1. The lowest BCUT2D eigenvalue weighted by atomic mass is 9.91. The van der Waals surface area contributed by atoms with Gasteiger partial charge in [-0.2, -0.15) is 0 Å². The van der Waals surface area contributed by atoms with E-state index in [0.717, 1.165) is 0 Å². The van der Waals surface area contributed by atoms with Crippen LogP contribution in [-0.2, 0) is 4.79 Å². The third-order valence-corrected chi connectivity index (χ3v) is 1.80. The molecular weight excluding hydrogens is 144 g/mol. The molecule has 0 spiro atoms. The number of carbonyl (C=O) groups is 1. The van der Waals surface area contributed by atoms with E-state index >= 15 is 0 Å². The van der Waals surface area contributed by atoms with Crippen molar-refractivity contribution in [3.63, 3.8) is 0 Å². The first-order valence-electron chi connectivity index (χ1n) is 3.51. The normalized spacial score (nSPS) is 19.6. The lowest BCUT2D eigenvalue weighted by molar-refractivity contribution is -0.159. The summed E-state index contributed by atoms with van der Waals surface area (Å²) in [4.78, 5) is 10.5. The van der Waals surface area contributed by atoms with E-state index in [4.69, 9.17) is 5.11 Å². The fourth-order valence-corrected chi connectivity index (χ4v) is 0.671. The Kier molecular flexibility index (Phi) is 3.26. The summed E-state index contributed by atoms with van der Waals surface area (Å²) in [6.45, 7) is 4.74.